The van der Waals surface area contributed by atoms with Crippen LogP contribution in [0.3, 0.4) is 0 Å². The van der Waals surface area contributed by atoms with E-state index in [-0.39, 0.29) is 6.23 Å². The lowest BCUT2D eigenvalue weighted by Crippen LogP contribution is -2.45. The Labute approximate surface area is 96.3 Å². The molecule has 0 spiro atoms. The molecule has 0 bridgehead atoms. The van der Waals surface area contributed by atoms with Crippen LogP contribution in [-0.2, 0) is 9.53 Å². The number of hydrogen-bond donors (Lipinski definition) is 3. The molecule has 0 aliphatic carbocycles. The maximum Gasteiger partial charge on any atom is 0.320 e. The molecule has 5 nitrogen and oxygen atoms in total. The minimum atomic E-state index is -0.800. The Morgan fingerprint density at radius 1 is 1.50 bits per heavy atom. The predicted octanol–water partition coefficient (Wildman–Crippen LogP) is 0.685. The molecule has 5 heteroatoms. The summed E-state index contributed by atoms with van der Waals surface area (Å²) in [4.78, 5) is 11.0. The van der Waals surface area contributed by atoms with Crippen LogP contribution in [0.25, 0.3) is 0 Å². The molecule has 1 fully saturated rings. The molecule has 0 aromatic carbocycles. The molecule has 0 amide bonds. The lowest BCUT2D eigenvalue weighted by Gasteiger charge is -2.26. The van der Waals surface area contributed by atoms with E-state index >= 15 is 0 Å². The van der Waals surface area contributed by atoms with Crippen molar-refractivity contribution in [1.29, 1.82) is 0 Å². The van der Waals surface area contributed by atoms with Gasteiger partial charge < -0.3 is 15.6 Å². The van der Waals surface area contributed by atoms with Crippen LogP contribution in [-0.4, -0.2) is 36.5 Å². The SMILES string of the molecule is NCCCCC(NC1CCCCO1)C(=O)O. The van der Waals surface area contributed by atoms with Crippen molar-refractivity contribution in [3.8, 4) is 0 Å². The topological polar surface area (TPSA) is 84.6 Å². The third kappa shape index (κ3) is 4.92. The monoisotopic (exact) mass is 230 g/mol. The highest BCUT2D eigenvalue weighted by molar-refractivity contribution is 5.73. The number of hydrogen-bond acceptors (Lipinski definition) is 4. The van der Waals surface area contributed by atoms with Gasteiger partial charge in [-0.25, -0.2) is 0 Å². The minimum absolute atomic E-state index is 0.0901. The van der Waals surface area contributed by atoms with Crippen LogP contribution in [0.5, 0.6) is 0 Å². The second kappa shape index (κ2) is 7.60. The first kappa shape index (κ1) is 13.4. The lowest BCUT2D eigenvalue weighted by molar-refractivity contribution is -0.141. The highest BCUT2D eigenvalue weighted by Gasteiger charge is 2.22. The Bertz CT molecular complexity index is 205. The smallest absolute Gasteiger partial charge is 0.320 e. The second-order valence-electron chi connectivity index (χ2n) is 4.20. The average Bonchev–Trinajstić information content (AvgIpc) is 2.29. The van der Waals surface area contributed by atoms with Crippen LogP contribution in [0.15, 0.2) is 0 Å². The fourth-order valence-corrected chi connectivity index (χ4v) is 1.87. The fourth-order valence-electron chi connectivity index (χ4n) is 1.87. The summed E-state index contributed by atoms with van der Waals surface area (Å²) in [7, 11) is 0. The Hall–Kier alpha value is -0.650. The highest BCUT2D eigenvalue weighted by atomic mass is 16.5. The Kier molecular flexibility index (Phi) is 6.37. The number of carbonyl (C=O) groups is 1. The summed E-state index contributed by atoms with van der Waals surface area (Å²) in [6, 6.07) is -0.505. The molecule has 1 heterocycles. The first-order chi connectivity index (χ1) is 7.74. The fraction of sp³-hybridized carbons (Fsp3) is 0.909. The van der Waals surface area contributed by atoms with E-state index in [1.54, 1.807) is 0 Å². The second-order valence-corrected chi connectivity index (χ2v) is 4.20. The minimum Gasteiger partial charge on any atom is -0.480 e. The van der Waals surface area contributed by atoms with Crippen molar-refractivity contribution in [2.45, 2.75) is 50.8 Å². The Morgan fingerprint density at radius 2 is 2.31 bits per heavy atom. The van der Waals surface area contributed by atoms with Crippen LogP contribution in [0.2, 0.25) is 0 Å². The van der Waals surface area contributed by atoms with Gasteiger partial charge in [-0.15, -0.1) is 0 Å². The van der Waals surface area contributed by atoms with Gasteiger partial charge in [0.15, 0.2) is 0 Å². The van der Waals surface area contributed by atoms with Crippen LogP contribution in [0.4, 0.5) is 0 Å². The molecular weight excluding hydrogens is 208 g/mol. The van der Waals surface area contributed by atoms with Crippen molar-refractivity contribution in [1.82, 2.24) is 5.32 Å². The summed E-state index contributed by atoms with van der Waals surface area (Å²) in [5.74, 6) is -0.800. The number of unbranched alkanes of at least 4 members (excludes halogenated alkanes) is 1. The Balaban J connectivity index is 2.28. The van der Waals surface area contributed by atoms with E-state index in [1.165, 1.54) is 0 Å². The van der Waals surface area contributed by atoms with E-state index in [2.05, 4.69) is 5.32 Å². The molecule has 1 saturated heterocycles. The summed E-state index contributed by atoms with van der Waals surface area (Å²) in [5.41, 5.74) is 5.38. The summed E-state index contributed by atoms with van der Waals surface area (Å²) in [5, 5.41) is 12.1. The molecule has 2 unspecified atom stereocenters. The first-order valence-electron chi connectivity index (χ1n) is 6.04. The first-order valence-corrected chi connectivity index (χ1v) is 6.04. The molecule has 2 atom stereocenters. The molecule has 4 N–H and O–H groups in total. The van der Waals surface area contributed by atoms with Crippen LogP contribution < -0.4 is 11.1 Å². The van der Waals surface area contributed by atoms with Crippen molar-refractivity contribution < 1.29 is 14.6 Å². The van der Waals surface area contributed by atoms with Gasteiger partial charge in [0.1, 0.15) is 12.3 Å². The zero-order valence-electron chi connectivity index (χ0n) is 9.65. The van der Waals surface area contributed by atoms with Gasteiger partial charge in [0, 0.05) is 6.61 Å². The molecule has 94 valence electrons. The van der Waals surface area contributed by atoms with E-state index in [9.17, 15) is 4.79 Å². The zero-order valence-corrected chi connectivity index (χ0v) is 9.65. The number of carboxylic acid groups (broad SMARTS) is 1. The lowest BCUT2D eigenvalue weighted by atomic mass is 10.1. The summed E-state index contributed by atoms with van der Waals surface area (Å²) in [6.07, 6.45) is 5.32. The van der Waals surface area contributed by atoms with Gasteiger partial charge in [-0.05, 0) is 38.6 Å². The number of aliphatic carboxylic acids is 1. The molecule has 0 aromatic heterocycles. The highest BCUT2D eigenvalue weighted by Crippen LogP contribution is 2.12. The maximum atomic E-state index is 11.0. The maximum absolute atomic E-state index is 11.0. The van der Waals surface area contributed by atoms with Crippen LogP contribution in [0, 0.1) is 0 Å². The number of nitrogens with two attached hydrogens (primary N) is 1. The summed E-state index contributed by atoms with van der Waals surface area (Å²) in [6.45, 7) is 1.35. The molecule has 0 radical (unpaired) electrons. The Morgan fingerprint density at radius 3 is 2.88 bits per heavy atom. The third-order valence-corrected chi connectivity index (χ3v) is 2.81. The number of ether oxygens (including phenoxy) is 1. The van der Waals surface area contributed by atoms with E-state index in [1.807, 2.05) is 0 Å². The van der Waals surface area contributed by atoms with E-state index < -0.39 is 12.0 Å². The third-order valence-electron chi connectivity index (χ3n) is 2.81. The molecule has 0 saturated carbocycles. The number of nitrogens with one attached hydrogen (secondary N) is 1. The van der Waals surface area contributed by atoms with Gasteiger partial charge in [-0.1, -0.05) is 6.42 Å². The van der Waals surface area contributed by atoms with Crippen LogP contribution >= 0.6 is 0 Å². The molecule has 0 aromatic rings. The van der Waals surface area contributed by atoms with E-state index in [0.29, 0.717) is 13.0 Å². The largest absolute Gasteiger partial charge is 0.480 e. The standard InChI is InChI=1S/C11H22N2O3/c12-7-3-1-5-9(11(14)15)13-10-6-2-4-8-16-10/h9-10,13H,1-8,12H2,(H,14,15). The van der Waals surface area contributed by atoms with Gasteiger partial charge in [0.2, 0.25) is 0 Å². The van der Waals surface area contributed by atoms with E-state index in [0.717, 1.165) is 38.7 Å². The molecule has 1 rings (SSSR count). The summed E-state index contributed by atoms with van der Waals surface area (Å²) >= 11 is 0. The average molecular weight is 230 g/mol. The molecular formula is C11H22N2O3. The van der Waals surface area contributed by atoms with Crippen molar-refractivity contribution >= 4 is 5.97 Å². The van der Waals surface area contributed by atoms with Gasteiger partial charge in [0.25, 0.3) is 0 Å². The molecule has 1 aliphatic rings. The zero-order chi connectivity index (χ0) is 11.8. The quantitative estimate of drug-likeness (QED) is 0.560. The molecule has 16 heavy (non-hydrogen) atoms. The van der Waals surface area contributed by atoms with Crippen molar-refractivity contribution in [2.24, 2.45) is 5.73 Å². The van der Waals surface area contributed by atoms with Crippen molar-refractivity contribution in [3.05, 3.63) is 0 Å². The van der Waals surface area contributed by atoms with Gasteiger partial charge in [-0.2, -0.15) is 0 Å². The van der Waals surface area contributed by atoms with E-state index in [4.69, 9.17) is 15.6 Å². The van der Waals surface area contributed by atoms with Crippen LogP contribution in [0.1, 0.15) is 38.5 Å². The normalized spacial score (nSPS) is 22.9. The number of rotatable bonds is 7. The molecule has 1 aliphatic heterocycles. The predicted molar refractivity (Wildman–Crippen MR) is 61.1 cm³/mol. The van der Waals surface area contributed by atoms with Gasteiger partial charge in [0.05, 0.1) is 0 Å². The van der Waals surface area contributed by atoms with Crippen molar-refractivity contribution in [2.75, 3.05) is 13.2 Å². The summed E-state index contributed by atoms with van der Waals surface area (Å²) < 4.78 is 5.47. The van der Waals surface area contributed by atoms with Gasteiger partial charge >= 0.3 is 5.97 Å². The van der Waals surface area contributed by atoms with Crippen molar-refractivity contribution in [3.63, 3.8) is 0 Å². The van der Waals surface area contributed by atoms with Gasteiger partial charge in [-0.3, -0.25) is 10.1 Å². The number of carboxylic acids is 1.